The Morgan fingerprint density at radius 1 is 1.03 bits per heavy atom. The van der Waals surface area contributed by atoms with Crippen molar-refractivity contribution < 1.29 is 23.9 Å². The second kappa shape index (κ2) is 8.33. The van der Waals surface area contributed by atoms with E-state index in [4.69, 9.17) is 4.74 Å². The van der Waals surface area contributed by atoms with Crippen molar-refractivity contribution in [1.82, 2.24) is 0 Å². The molecule has 2 heterocycles. The lowest BCUT2D eigenvalue weighted by atomic mass is 9.78. The van der Waals surface area contributed by atoms with Crippen LogP contribution in [0.25, 0.3) is 0 Å². The first-order chi connectivity index (χ1) is 15.4. The molecular weight excluding hydrogens is 412 g/mol. The number of carbonyl (C=O) groups excluding carboxylic acids is 4. The quantitative estimate of drug-likeness (QED) is 0.512. The summed E-state index contributed by atoms with van der Waals surface area (Å²) in [5, 5.41) is 8.06. The van der Waals surface area contributed by atoms with E-state index in [0.29, 0.717) is 11.4 Å². The number of hydrogen-bond donors (Lipinski definition) is 0. The lowest BCUT2D eigenvalue weighted by Gasteiger charge is -2.28. The van der Waals surface area contributed by atoms with Crippen molar-refractivity contribution >= 4 is 35.1 Å². The van der Waals surface area contributed by atoms with Crippen LogP contribution in [0.3, 0.4) is 0 Å². The van der Waals surface area contributed by atoms with Gasteiger partial charge in [-0.25, -0.2) is 9.69 Å². The van der Waals surface area contributed by atoms with Gasteiger partial charge in [0.2, 0.25) is 11.8 Å². The van der Waals surface area contributed by atoms with Gasteiger partial charge in [-0.15, -0.1) is 0 Å². The fraction of sp³-hybridized carbons (Fsp3) is 0.304. The first-order valence-corrected chi connectivity index (χ1v) is 10.2. The van der Waals surface area contributed by atoms with Gasteiger partial charge < -0.3 is 9.64 Å². The summed E-state index contributed by atoms with van der Waals surface area (Å²) >= 11 is 0. The molecule has 2 aliphatic heterocycles. The van der Waals surface area contributed by atoms with Crippen LogP contribution in [0.15, 0.2) is 70.9 Å². The van der Waals surface area contributed by atoms with Crippen LogP contribution in [0, 0.1) is 5.92 Å². The topological polar surface area (TPSA) is 109 Å². The Hall–Kier alpha value is -3.88. The molecule has 164 valence electrons. The number of anilines is 2. The minimum Gasteiger partial charge on any atom is -0.467 e. The standard InChI is InChI=1S/C23H22N4O5/c1-26(15-9-5-3-6-10-15)17(28)13-14-23(22(31)32-2)18-19(24-25-23)21(30)27(20(18)29)16-11-7-4-8-12-16/h3-12,18-19H,13-14H2,1-2H3. The summed E-state index contributed by atoms with van der Waals surface area (Å²) in [6.07, 6.45) is -0.197. The smallest absolute Gasteiger partial charge is 0.336 e. The minimum absolute atomic E-state index is 0.0878. The van der Waals surface area contributed by atoms with E-state index in [0.717, 1.165) is 4.90 Å². The van der Waals surface area contributed by atoms with E-state index in [1.807, 2.05) is 18.2 Å². The zero-order valence-corrected chi connectivity index (χ0v) is 17.7. The Morgan fingerprint density at radius 2 is 1.66 bits per heavy atom. The fourth-order valence-corrected chi connectivity index (χ4v) is 4.21. The summed E-state index contributed by atoms with van der Waals surface area (Å²) in [6.45, 7) is 0. The number of ether oxygens (including phenoxy) is 1. The van der Waals surface area contributed by atoms with Gasteiger partial charge in [-0.3, -0.25) is 14.4 Å². The summed E-state index contributed by atoms with van der Waals surface area (Å²) in [4.78, 5) is 54.4. The zero-order chi connectivity index (χ0) is 22.9. The van der Waals surface area contributed by atoms with Crippen LogP contribution >= 0.6 is 0 Å². The maximum Gasteiger partial charge on any atom is 0.336 e. The molecule has 0 spiro atoms. The van der Waals surface area contributed by atoms with Crippen molar-refractivity contribution in [3.63, 3.8) is 0 Å². The van der Waals surface area contributed by atoms with Crippen LogP contribution < -0.4 is 9.80 Å². The van der Waals surface area contributed by atoms with E-state index in [1.54, 1.807) is 49.5 Å². The maximum absolute atomic E-state index is 13.3. The van der Waals surface area contributed by atoms with Gasteiger partial charge in [0.05, 0.1) is 12.8 Å². The molecule has 3 amide bonds. The third-order valence-electron chi connectivity index (χ3n) is 5.94. The molecule has 9 nitrogen and oxygen atoms in total. The van der Waals surface area contributed by atoms with Gasteiger partial charge in [0.1, 0.15) is 5.92 Å². The molecule has 4 rings (SSSR count). The molecule has 2 aliphatic rings. The molecule has 0 aromatic heterocycles. The number of benzene rings is 2. The molecule has 1 fully saturated rings. The van der Waals surface area contributed by atoms with Crippen molar-refractivity contribution in [3.05, 3.63) is 60.7 Å². The number of fused-ring (bicyclic) bond motifs is 1. The summed E-state index contributed by atoms with van der Waals surface area (Å²) < 4.78 is 4.95. The summed E-state index contributed by atoms with van der Waals surface area (Å²) in [5.74, 6) is -3.34. The van der Waals surface area contributed by atoms with Crippen molar-refractivity contribution in [2.75, 3.05) is 24.0 Å². The number of azo groups is 1. The lowest BCUT2D eigenvalue weighted by Crippen LogP contribution is -2.49. The number of nitrogens with zero attached hydrogens (tertiary/aromatic N) is 4. The summed E-state index contributed by atoms with van der Waals surface area (Å²) in [7, 11) is 2.81. The number of amides is 3. The molecule has 2 aromatic rings. The zero-order valence-electron chi connectivity index (χ0n) is 17.7. The molecule has 32 heavy (non-hydrogen) atoms. The Kier molecular flexibility index (Phi) is 5.56. The van der Waals surface area contributed by atoms with E-state index < -0.39 is 35.3 Å². The molecule has 3 unspecified atom stereocenters. The van der Waals surface area contributed by atoms with Gasteiger partial charge in [-0.2, -0.15) is 10.2 Å². The Balaban J connectivity index is 1.60. The van der Waals surface area contributed by atoms with Crippen LogP contribution in [0.2, 0.25) is 0 Å². The highest BCUT2D eigenvalue weighted by Crippen LogP contribution is 2.45. The number of para-hydroxylation sites is 2. The predicted octanol–water partition coefficient (Wildman–Crippen LogP) is 2.37. The molecule has 0 aliphatic carbocycles. The molecular formula is C23H22N4O5. The third-order valence-corrected chi connectivity index (χ3v) is 5.94. The van der Waals surface area contributed by atoms with E-state index in [1.165, 1.54) is 12.0 Å². The molecule has 2 aromatic carbocycles. The average molecular weight is 434 g/mol. The van der Waals surface area contributed by atoms with Crippen LogP contribution in [-0.2, 0) is 23.9 Å². The van der Waals surface area contributed by atoms with Crippen LogP contribution in [0.4, 0.5) is 11.4 Å². The average Bonchev–Trinajstić information content (AvgIpc) is 3.34. The van der Waals surface area contributed by atoms with Gasteiger partial charge >= 0.3 is 5.97 Å². The Bertz CT molecular complexity index is 1090. The van der Waals surface area contributed by atoms with E-state index in [2.05, 4.69) is 10.2 Å². The monoisotopic (exact) mass is 434 g/mol. The number of hydrogen-bond acceptors (Lipinski definition) is 7. The minimum atomic E-state index is -1.73. The second-order valence-corrected chi connectivity index (χ2v) is 7.69. The van der Waals surface area contributed by atoms with E-state index in [-0.39, 0.29) is 18.7 Å². The predicted molar refractivity (Wildman–Crippen MR) is 115 cm³/mol. The van der Waals surface area contributed by atoms with Gasteiger partial charge in [-0.1, -0.05) is 36.4 Å². The highest BCUT2D eigenvalue weighted by Gasteiger charge is 2.66. The van der Waals surface area contributed by atoms with Crippen molar-refractivity contribution in [2.24, 2.45) is 16.1 Å². The number of imide groups is 1. The molecule has 0 N–H and O–H groups in total. The van der Waals surface area contributed by atoms with Crippen LogP contribution in [-0.4, -0.2) is 49.4 Å². The normalized spacial score (nSPS) is 23.9. The van der Waals surface area contributed by atoms with Gasteiger partial charge in [-0.05, 0) is 30.7 Å². The van der Waals surface area contributed by atoms with Crippen molar-refractivity contribution in [3.8, 4) is 0 Å². The lowest BCUT2D eigenvalue weighted by molar-refractivity contribution is -0.151. The van der Waals surface area contributed by atoms with Gasteiger partial charge in [0.25, 0.3) is 5.91 Å². The number of carbonyl (C=O) groups is 4. The molecule has 0 radical (unpaired) electrons. The maximum atomic E-state index is 13.3. The van der Waals surface area contributed by atoms with Crippen LogP contribution in [0.1, 0.15) is 12.8 Å². The number of esters is 1. The highest BCUT2D eigenvalue weighted by molar-refractivity contribution is 6.25. The molecule has 0 saturated carbocycles. The van der Waals surface area contributed by atoms with Crippen LogP contribution in [0.5, 0.6) is 0 Å². The summed E-state index contributed by atoms with van der Waals surface area (Å²) in [5.41, 5.74) is -0.647. The number of methoxy groups -OCH3 is 1. The first-order valence-electron chi connectivity index (χ1n) is 10.2. The molecule has 3 atom stereocenters. The first kappa shape index (κ1) is 21.4. The second-order valence-electron chi connectivity index (χ2n) is 7.69. The fourth-order valence-electron chi connectivity index (χ4n) is 4.21. The highest BCUT2D eigenvalue weighted by atomic mass is 16.5. The van der Waals surface area contributed by atoms with E-state index in [9.17, 15) is 19.2 Å². The largest absolute Gasteiger partial charge is 0.467 e. The van der Waals surface area contributed by atoms with Crippen molar-refractivity contribution in [1.29, 1.82) is 0 Å². The SMILES string of the molecule is COC(=O)C1(CCC(=O)N(C)c2ccccc2)N=NC2C(=O)N(c3ccccc3)C(=O)C21. The summed E-state index contributed by atoms with van der Waals surface area (Å²) in [6, 6.07) is 16.4. The van der Waals surface area contributed by atoms with Gasteiger partial charge in [0, 0.05) is 19.2 Å². The number of rotatable bonds is 6. The molecule has 0 bridgehead atoms. The van der Waals surface area contributed by atoms with Gasteiger partial charge in [0.15, 0.2) is 11.6 Å². The van der Waals surface area contributed by atoms with Crippen molar-refractivity contribution in [2.45, 2.75) is 24.4 Å². The molecule has 9 heteroatoms. The molecule has 1 saturated heterocycles. The Morgan fingerprint density at radius 3 is 2.28 bits per heavy atom. The third kappa shape index (κ3) is 3.35. The van der Waals surface area contributed by atoms with E-state index >= 15 is 0 Å². The Labute approximate surface area is 184 Å².